The molecular formula is C13H15FN2O4S. The zero-order chi connectivity index (χ0) is 15.4. The van der Waals surface area contributed by atoms with Crippen molar-refractivity contribution in [1.82, 2.24) is 0 Å². The summed E-state index contributed by atoms with van der Waals surface area (Å²) in [6.45, 7) is 0.539. The SMILES string of the molecule is COC(=O)c1cc(NCC2CCCS2)c([N+](=O)[O-])cc1F. The number of anilines is 1. The number of carbonyl (C=O) groups is 1. The molecule has 0 radical (unpaired) electrons. The second kappa shape index (κ2) is 6.75. The Bertz CT molecular complexity index is 561. The Morgan fingerprint density at radius 1 is 1.62 bits per heavy atom. The summed E-state index contributed by atoms with van der Waals surface area (Å²) in [7, 11) is 1.13. The molecule has 0 bridgehead atoms. The summed E-state index contributed by atoms with van der Waals surface area (Å²) in [4.78, 5) is 21.8. The zero-order valence-electron chi connectivity index (χ0n) is 11.4. The van der Waals surface area contributed by atoms with E-state index in [0.717, 1.165) is 37.8 Å². The molecule has 1 fully saturated rings. The summed E-state index contributed by atoms with van der Waals surface area (Å²) in [5.74, 6) is -0.749. The van der Waals surface area contributed by atoms with E-state index in [2.05, 4.69) is 10.1 Å². The smallest absolute Gasteiger partial charge is 0.340 e. The monoisotopic (exact) mass is 314 g/mol. The normalized spacial score (nSPS) is 17.5. The number of nitrogens with one attached hydrogen (secondary N) is 1. The molecule has 1 atom stereocenters. The molecule has 0 amide bonds. The van der Waals surface area contributed by atoms with Crippen LogP contribution in [0.5, 0.6) is 0 Å². The van der Waals surface area contributed by atoms with Crippen LogP contribution in [0.25, 0.3) is 0 Å². The minimum atomic E-state index is -0.964. The van der Waals surface area contributed by atoms with Crippen LogP contribution in [-0.2, 0) is 4.74 Å². The molecule has 6 nitrogen and oxygen atoms in total. The molecule has 0 aromatic heterocycles. The second-order valence-electron chi connectivity index (χ2n) is 4.61. The summed E-state index contributed by atoms with van der Waals surface area (Å²) in [5, 5.41) is 14.3. The van der Waals surface area contributed by atoms with E-state index in [1.807, 2.05) is 0 Å². The number of halogens is 1. The van der Waals surface area contributed by atoms with Crippen LogP contribution in [0.1, 0.15) is 23.2 Å². The summed E-state index contributed by atoms with van der Waals surface area (Å²) in [6.07, 6.45) is 2.16. The Morgan fingerprint density at radius 2 is 2.38 bits per heavy atom. The molecule has 21 heavy (non-hydrogen) atoms. The van der Waals surface area contributed by atoms with Crippen LogP contribution in [0.2, 0.25) is 0 Å². The van der Waals surface area contributed by atoms with Crippen molar-refractivity contribution in [2.45, 2.75) is 18.1 Å². The molecule has 2 rings (SSSR count). The molecule has 1 unspecified atom stereocenters. The van der Waals surface area contributed by atoms with Gasteiger partial charge in [0, 0.05) is 11.8 Å². The van der Waals surface area contributed by atoms with Crippen LogP contribution in [0, 0.1) is 15.9 Å². The fraction of sp³-hybridized carbons (Fsp3) is 0.462. The maximum atomic E-state index is 13.7. The van der Waals surface area contributed by atoms with Gasteiger partial charge in [-0.15, -0.1) is 0 Å². The fourth-order valence-corrected chi connectivity index (χ4v) is 3.35. The Morgan fingerprint density at radius 3 is 2.95 bits per heavy atom. The highest BCUT2D eigenvalue weighted by Gasteiger charge is 2.23. The van der Waals surface area contributed by atoms with Gasteiger partial charge in [0.15, 0.2) is 0 Å². The number of hydrogen-bond acceptors (Lipinski definition) is 6. The van der Waals surface area contributed by atoms with Crippen molar-refractivity contribution in [2.24, 2.45) is 0 Å². The van der Waals surface area contributed by atoms with Crippen molar-refractivity contribution >= 4 is 29.1 Å². The van der Waals surface area contributed by atoms with Crippen molar-refractivity contribution in [3.05, 3.63) is 33.6 Å². The minimum Gasteiger partial charge on any atom is -0.465 e. The number of esters is 1. The third-order valence-corrected chi connectivity index (χ3v) is 4.63. The standard InChI is InChI=1S/C13H15FN2O4S/c1-20-13(17)9-5-11(12(16(18)19)6-10(9)14)15-7-8-3-2-4-21-8/h5-6,8,15H,2-4,7H2,1H3. The topological polar surface area (TPSA) is 81.5 Å². The summed E-state index contributed by atoms with van der Waals surface area (Å²) >= 11 is 1.80. The van der Waals surface area contributed by atoms with Gasteiger partial charge in [-0.05, 0) is 24.7 Å². The number of rotatable bonds is 5. The first-order valence-electron chi connectivity index (χ1n) is 6.44. The summed E-state index contributed by atoms with van der Waals surface area (Å²) < 4.78 is 18.2. The van der Waals surface area contributed by atoms with Crippen LogP contribution in [0.3, 0.4) is 0 Å². The third kappa shape index (κ3) is 3.63. The van der Waals surface area contributed by atoms with Gasteiger partial charge < -0.3 is 10.1 Å². The molecule has 0 saturated carbocycles. The summed E-state index contributed by atoms with van der Waals surface area (Å²) in [5.41, 5.74) is -0.567. The van der Waals surface area contributed by atoms with Gasteiger partial charge in [0.25, 0.3) is 5.69 Å². The van der Waals surface area contributed by atoms with E-state index in [4.69, 9.17) is 0 Å². The van der Waals surface area contributed by atoms with E-state index in [1.54, 1.807) is 11.8 Å². The van der Waals surface area contributed by atoms with Gasteiger partial charge >= 0.3 is 5.97 Å². The highest BCUT2D eigenvalue weighted by Crippen LogP contribution is 2.31. The molecule has 1 N–H and O–H groups in total. The Hall–Kier alpha value is -1.83. The maximum absolute atomic E-state index is 13.7. The van der Waals surface area contributed by atoms with Crippen molar-refractivity contribution in [3.63, 3.8) is 0 Å². The Kier molecular flexibility index (Phi) is 5.00. The van der Waals surface area contributed by atoms with E-state index in [-0.39, 0.29) is 16.9 Å². The lowest BCUT2D eigenvalue weighted by Gasteiger charge is -2.12. The van der Waals surface area contributed by atoms with Gasteiger partial charge in [-0.1, -0.05) is 0 Å². The van der Waals surface area contributed by atoms with Crippen LogP contribution in [0.15, 0.2) is 12.1 Å². The van der Waals surface area contributed by atoms with Crippen LogP contribution in [0.4, 0.5) is 15.8 Å². The predicted octanol–water partition coefficient (Wildman–Crippen LogP) is 2.83. The number of nitrogens with zero attached hydrogens (tertiary/aromatic N) is 1. The minimum absolute atomic E-state index is 0.134. The average molecular weight is 314 g/mol. The zero-order valence-corrected chi connectivity index (χ0v) is 12.2. The van der Waals surface area contributed by atoms with Crippen molar-refractivity contribution in [1.29, 1.82) is 0 Å². The Labute approximate surface area is 125 Å². The van der Waals surface area contributed by atoms with Gasteiger partial charge in [-0.2, -0.15) is 11.8 Å². The number of methoxy groups -OCH3 is 1. The van der Waals surface area contributed by atoms with Gasteiger partial charge in [0.1, 0.15) is 11.5 Å². The van der Waals surface area contributed by atoms with E-state index in [9.17, 15) is 19.3 Å². The van der Waals surface area contributed by atoms with Crippen LogP contribution in [-0.4, -0.2) is 35.5 Å². The van der Waals surface area contributed by atoms with Gasteiger partial charge in [-0.25, -0.2) is 9.18 Å². The van der Waals surface area contributed by atoms with Crippen LogP contribution >= 0.6 is 11.8 Å². The molecule has 1 aliphatic heterocycles. The predicted molar refractivity (Wildman–Crippen MR) is 78.4 cm³/mol. The number of nitro benzene ring substituents is 1. The van der Waals surface area contributed by atoms with E-state index in [1.165, 1.54) is 0 Å². The van der Waals surface area contributed by atoms with Crippen molar-refractivity contribution in [2.75, 3.05) is 24.7 Å². The number of thioether (sulfide) groups is 1. The van der Waals surface area contributed by atoms with Crippen molar-refractivity contribution < 1.29 is 18.8 Å². The maximum Gasteiger partial charge on any atom is 0.340 e. The highest BCUT2D eigenvalue weighted by atomic mass is 32.2. The van der Waals surface area contributed by atoms with Gasteiger partial charge in [0.2, 0.25) is 0 Å². The molecule has 1 aromatic carbocycles. The quantitative estimate of drug-likeness (QED) is 0.511. The number of carbonyl (C=O) groups excluding carboxylic acids is 1. The largest absolute Gasteiger partial charge is 0.465 e. The molecule has 1 aliphatic rings. The first-order chi connectivity index (χ1) is 10.0. The number of ether oxygens (including phenoxy) is 1. The third-order valence-electron chi connectivity index (χ3n) is 3.23. The molecule has 114 valence electrons. The molecule has 8 heteroatoms. The molecule has 1 heterocycles. The van der Waals surface area contributed by atoms with E-state index >= 15 is 0 Å². The van der Waals surface area contributed by atoms with E-state index < -0.39 is 16.7 Å². The number of hydrogen-bond donors (Lipinski definition) is 1. The van der Waals surface area contributed by atoms with E-state index in [0.29, 0.717) is 11.8 Å². The number of benzene rings is 1. The first kappa shape index (κ1) is 15.6. The lowest BCUT2D eigenvalue weighted by atomic mass is 10.1. The lowest BCUT2D eigenvalue weighted by molar-refractivity contribution is -0.384. The highest BCUT2D eigenvalue weighted by molar-refractivity contribution is 8.00. The summed E-state index contributed by atoms with van der Waals surface area (Å²) in [6, 6.07) is 1.88. The second-order valence-corrected chi connectivity index (χ2v) is 6.02. The molecule has 0 spiro atoms. The number of nitro groups is 1. The lowest BCUT2D eigenvalue weighted by Crippen LogP contribution is -2.15. The van der Waals surface area contributed by atoms with Gasteiger partial charge in [0.05, 0.1) is 23.7 Å². The molecule has 0 aliphatic carbocycles. The van der Waals surface area contributed by atoms with Crippen LogP contribution < -0.4 is 5.32 Å². The van der Waals surface area contributed by atoms with Crippen molar-refractivity contribution in [3.8, 4) is 0 Å². The molecule has 1 saturated heterocycles. The first-order valence-corrected chi connectivity index (χ1v) is 7.49. The molecular weight excluding hydrogens is 299 g/mol. The van der Waals surface area contributed by atoms with Gasteiger partial charge in [-0.3, -0.25) is 10.1 Å². The Balaban J connectivity index is 2.26. The fourth-order valence-electron chi connectivity index (χ4n) is 2.15. The molecule has 1 aromatic rings. The average Bonchev–Trinajstić information content (AvgIpc) is 2.98.